The molecule has 0 fully saturated rings. The number of Topliss-reactive ketones (excluding diaryl/α,β-unsaturated/α-hetero) is 2. The Morgan fingerprint density at radius 3 is 2.00 bits per heavy atom. The maximum absolute atomic E-state index is 13.9. The summed E-state index contributed by atoms with van der Waals surface area (Å²) in [6.45, 7) is 0. The van der Waals surface area contributed by atoms with Crippen LogP contribution in [0.1, 0.15) is 49.4 Å². The van der Waals surface area contributed by atoms with Gasteiger partial charge in [0, 0.05) is 24.6 Å². The maximum Gasteiger partial charge on any atom is 0.277 e. The number of phenolic OH excluding ortho intramolecular Hbond substituents is 6. The molecule has 208 valence electrons. The molecule has 0 bridgehead atoms. The summed E-state index contributed by atoms with van der Waals surface area (Å²) < 4.78 is 11.5. The summed E-state index contributed by atoms with van der Waals surface area (Å²) in [6, 6.07) is 14.3. The Kier molecular flexibility index (Phi) is 5.71. The molecule has 0 aromatic heterocycles. The molecule has 4 aromatic carbocycles. The lowest BCUT2D eigenvalue weighted by Gasteiger charge is -2.34. The predicted octanol–water partition coefficient (Wildman–Crippen LogP) is 3.53. The first-order valence-electron chi connectivity index (χ1n) is 12.4. The number of aliphatic hydroxyl groups is 1. The molecule has 2 aliphatic heterocycles. The van der Waals surface area contributed by atoms with Crippen LogP contribution in [0.4, 0.5) is 0 Å². The number of hydrogen-bond donors (Lipinski definition) is 7. The Hall–Kier alpha value is -5.42. The molecular weight excluding hydrogens is 536 g/mol. The van der Waals surface area contributed by atoms with E-state index in [1.165, 1.54) is 48.5 Å². The second-order valence-electron chi connectivity index (χ2n) is 9.90. The van der Waals surface area contributed by atoms with Crippen LogP contribution in [0.25, 0.3) is 0 Å². The third-order valence-corrected chi connectivity index (χ3v) is 7.21. The van der Waals surface area contributed by atoms with E-state index in [0.29, 0.717) is 11.1 Å². The highest BCUT2D eigenvalue weighted by molar-refractivity contribution is 6.11. The first-order valence-corrected chi connectivity index (χ1v) is 12.4. The van der Waals surface area contributed by atoms with Crippen LogP contribution in [0.2, 0.25) is 0 Å². The van der Waals surface area contributed by atoms with Crippen molar-refractivity contribution in [3.05, 3.63) is 94.5 Å². The number of ketones is 2. The summed E-state index contributed by atoms with van der Waals surface area (Å²) in [7, 11) is 0. The fraction of sp³-hybridized carbons (Fsp3) is 0.133. The van der Waals surface area contributed by atoms with E-state index in [9.17, 15) is 45.3 Å². The molecule has 7 N–H and O–H groups in total. The Labute approximate surface area is 231 Å². The molecular formula is C30H22O11. The second kappa shape index (κ2) is 9.07. The fourth-order valence-electron chi connectivity index (χ4n) is 5.32. The van der Waals surface area contributed by atoms with Crippen LogP contribution in [0.3, 0.4) is 0 Å². The minimum Gasteiger partial charge on any atom is -0.508 e. The van der Waals surface area contributed by atoms with Gasteiger partial charge in [0.25, 0.3) is 5.79 Å². The van der Waals surface area contributed by atoms with Gasteiger partial charge < -0.3 is 45.2 Å². The average molecular weight is 558 g/mol. The minimum atomic E-state index is -2.46. The largest absolute Gasteiger partial charge is 0.508 e. The molecule has 11 heteroatoms. The van der Waals surface area contributed by atoms with Gasteiger partial charge in [0.1, 0.15) is 63.2 Å². The molecule has 6 rings (SSSR count). The molecule has 0 radical (unpaired) electrons. The molecule has 0 saturated carbocycles. The average Bonchev–Trinajstić information content (AvgIpc) is 3.15. The van der Waals surface area contributed by atoms with Crippen LogP contribution in [-0.4, -0.2) is 53.1 Å². The predicted molar refractivity (Wildman–Crippen MR) is 140 cm³/mol. The van der Waals surface area contributed by atoms with Crippen LogP contribution in [0.15, 0.2) is 66.7 Å². The number of rotatable bonds is 4. The van der Waals surface area contributed by atoms with Gasteiger partial charge in [-0.05, 0) is 35.4 Å². The van der Waals surface area contributed by atoms with Gasteiger partial charge in [0.2, 0.25) is 5.78 Å². The van der Waals surface area contributed by atoms with E-state index in [0.717, 1.165) is 18.2 Å². The highest BCUT2D eigenvalue weighted by Gasteiger charge is 2.51. The lowest BCUT2D eigenvalue weighted by atomic mass is 9.79. The van der Waals surface area contributed by atoms with E-state index in [4.69, 9.17) is 9.47 Å². The maximum atomic E-state index is 13.9. The van der Waals surface area contributed by atoms with Crippen molar-refractivity contribution in [2.45, 2.75) is 24.2 Å². The summed E-state index contributed by atoms with van der Waals surface area (Å²) in [5.74, 6) is -8.91. The Bertz CT molecular complexity index is 1730. The standard InChI is InChI=1S/C30H22O11/c31-15-5-1-13(2-6-15)12-30(39)29(38)24-21(41-30)11-19(35)23(27(24)37)25-26(36)22-18(34)9-17(33)10-20(22)40-28(25)14-3-7-16(32)8-4-14/h1-11,25,28,31-35,37,39H,12H2/t25-,28+,30+/m1/s1. The molecule has 41 heavy (non-hydrogen) atoms. The number of fused-ring (bicyclic) bond motifs is 2. The molecule has 2 aliphatic rings. The number of carbonyl (C=O) groups excluding carboxylic acids is 2. The Morgan fingerprint density at radius 1 is 0.707 bits per heavy atom. The number of aromatic hydroxyl groups is 6. The summed E-state index contributed by atoms with van der Waals surface area (Å²) in [5.41, 5.74) is -0.476. The molecule has 0 amide bonds. The van der Waals surface area contributed by atoms with Crippen LogP contribution in [0, 0.1) is 0 Å². The van der Waals surface area contributed by atoms with Crippen LogP contribution >= 0.6 is 0 Å². The Morgan fingerprint density at radius 2 is 1.34 bits per heavy atom. The van der Waals surface area contributed by atoms with Crippen molar-refractivity contribution in [3.8, 4) is 46.0 Å². The van der Waals surface area contributed by atoms with E-state index < -0.39 is 57.8 Å². The van der Waals surface area contributed by atoms with Crippen LogP contribution in [-0.2, 0) is 6.42 Å². The highest BCUT2D eigenvalue weighted by atomic mass is 16.6. The normalized spacial score (nSPS) is 21.1. The molecule has 11 nitrogen and oxygen atoms in total. The topological polar surface area (TPSA) is 194 Å². The number of hydrogen-bond acceptors (Lipinski definition) is 11. The second-order valence-corrected chi connectivity index (χ2v) is 9.90. The smallest absolute Gasteiger partial charge is 0.277 e. The Balaban J connectivity index is 1.48. The van der Waals surface area contributed by atoms with Gasteiger partial charge in [-0.2, -0.15) is 0 Å². The van der Waals surface area contributed by atoms with Crippen molar-refractivity contribution in [2.75, 3.05) is 0 Å². The van der Waals surface area contributed by atoms with Crippen molar-refractivity contribution in [2.24, 2.45) is 0 Å². The van der Waals surface area contributed by atoms with Gasteiger partial charge in [-0.25, -0.2) is 0 Å². The minimum absolute atomic E-state index is 0.0275. The molecule has 0 aliphatic carbocycles. The third-order valence-electron chi connectivity index (χ3n) is 7.21. The van der Waals surface area contributed by atoms with E-state index in [1.807, 2.05) is 0 Å². The molecule has 0 saturated heterocycles. The molecule has 4 aromatic rings. The molecule has 3 atom stereocenters. The van der Waals surface area contributed by atoms with Crippen molar-refractivity contribution in [1.82, 2.24) is 0 Å². The summed E-state index contributed by atoms with van der Waals surface area (Å²) >= 11 is 0. The summed E-state index contributed by atoms with van der Waals surface area (Å²) in [6.07, 6.45) is -1.62. The van der Waals surface area contributed by atoms with Gasteiger partial charge in [-0.1, -0.05) is 24.3 Å². The van der Waals surface area contributed by atoms with Gasteiger partial charge >= 0.3 is 0 Å². The number of ether oxygens (including phenoxy) is 2. The first kappa shape index (κ1) is 25.8. The zero-order chi connectivity index (χ0) is 29.2. The number of carbonyl (C=O) groups is 2. The summed E-state index contributed by atoms with van der Waals surface area (Å²) in [4.78, 5) is 27.3. The van der Waals surface area contributed by atoms with E-state index in [1.54, 1.807) is 0 Å². The van der Waals surface area contributed by atoms with E-state index in [2.05, 4.69) is 0 Å². The van der Waals surface area contributed by atoms with Crippen molar-refractivity contribution in [3.63, 3.8) is 0 Å². The highest BCUT2D eigenvalue weighted by Crippen LogP contribution is 2.55. The van der Waals surface area contributed by atoms with Crippen molar-refractivity contribution in [1.29, 1.82) is 0 Å². The SMILES string of the molecule is O=C1c2c(O)cc(O)cc2O[C@@H](c2ccc(O)cc2)[C@@H]1c1c(O)cc2c(c1O)C(=O)[C@](O)(Cc1ccc(O)cc1)O2. The fourth-order valence-corrected chi connectivity index (χ4v) is 5.32. The van der Waals surface area contributed by atoms with E-state index >= 15 is 0 Å². The van der Waals surface area contributed by atoms with Gasteiger partial charge in [0.15, 0.2) is 5.78 Å². The quantitative estimate of drug-likeness (QED) is 0.194. The first-order chi connectivity index (χ1) is 19.5. The molecule has 0 unspecified atom stereocenters. The monoisotopic (exact) mass is 558 g/mol. The van der Waals surface area contributed by atoms with Crippen LogP contribution in [0.5, 0.6) is 46.0 Å². The zero-order valence-corrected chi connectivity index (χ0v) is 21.0. The third kappa shape index (κ3) is 4.10. The lowest BCUT2D eigenvalue weighted by Crippen LogP contribution is -2.42. The van der Waals surface area contributed by atoms with Crippen molar-refractivity contribution < 1.29 is 54.8 Å². The van der Waals surface area contributed by atoms with E-state index in [-0.39, 0.29) is 40.7 Å². The van der Waals surface area contributed by atoms with Gasteiger partial charge in [-0.3, -0.25) is 9.59 Å². The number of benzene rings is 4. The summed E-state index contributed by atoms with van der Waals surface area (Å²) in [5, 5.41) is 73.3. The van der Waals surface area contributed by atoms with Gasteiger partial charge in [-0.15, -0.1) is 0 Å². The number of phenols is 6. The zero-order valence-electron chi connectivity index (χ0n) is 21.0. The molecule has 2 heterocycles. The lowest BCUT2D eigenvalue weighted by molar-refractivity contribution is -0.0889. The van der Waals surface area contributed by atoms with Gasteiger partial charge in [0.05, 0.1) is 11.5 Å². The molecule has 0 spiro atoms. The van der Waals surface area contributed by atoms with Crippen LogP contribution < -0.4 is 9.47 Å². The van der Waals surface area contributed by atoms with Crippen molar-refractivity contribution >= 4 is 11.6 Å².